The lowest BCUT2D eigenvalue weighted by Gasteiger charge is -2.25. The van der Waals surface area contributed by atoms with Crippen molar-refractivity contribution < 1.29 is 9.47 Å². The average molecular weight is 389 g/mol. The number of thioether (sulfide) groups is 1. The molecule has 2 aromatic rings. The molecule has 0 spiro atoms. The minimum Gasteiger partial charge on any atom is -0.497 e. The van der Waals surface area contributed by atoms with Crippen molar-refractivity contribution in [2.75, 3.05) is 7.11 Å². The first-order chi connectivity index (χ1) is 11.1. The molecule has 0 bridgehead atoms. The van der Waals surface area contributed by atoms with E-state index in [1.165, 1.54) is 0 Å². The molecule has 3 rings (SSSR count). The van der Waals surface area contributed by atoms with E-state index in [0.29, 0.717) is 11.3 Å². The van der Waals surface area contributed by atoms with Crippen LogP contribution in [0.2, 0.25) is 0 Å². The molecular formula is C17H13BrN2O2S. The van der Waals surface area contributed by atoms with Crippen LogP contribution in [0, 0.1) is 11.3 Å². The van der Waals surface area contributed by atoms with Crippen LogP contribution in [-0.4, -0.2) is 7.11 Å². The standard InChI is InChI=1S/C17H13BrN2O2S/c1-21-11-3-5-12(6-4-11)23-16-13-8-10(18)2-7-15(13)22-17(20)14(16)9-19/h2-8,16H,20H2,1H3. The molecule has 1 unspecified atom stereocenters. The van der Waals surface area contributed by atoms with Crippen LogP contribution in [0.1, 0.15) is 10.8 Å². The van der Waals surface area contributed by atoms with E-state index in [9.17, 15) is 5.26 Å². The zero-order valence-corrected chi connectivity index (χ0v) is 14.6. The summed E-state index contributed by atoms with van der Waals surface area (Å²) < 4.78 is 11.7. The number of rotatable bonds is 3. The number of nitrogens with two attached hydrogens (primary N) is 1. The van der Waals surface area contributed by atoms with E-state index in [1.54, 1.807) is 18.9 Å². The topological polar surface area (TPSA) is 68.3 Å². The number of halogens is 1. The van der Waals surface area contributed by atoms with Crippen LogP contribution >= 0.6 is 27.7 Å². The van der Waals surface area contributed by atoms with Gasteiger partial charge in [0.1, 0.15) is 23.1 Å². The van der Waals surface area contributed by atoms with Gasteiger partial charge in [0.15, 0.2) is 0 Å². The Morgan fingerprint density at radius 1 is 1.26 bits per heavy atom. The Hall–Kier alpha value is -2.10. The van der Waals surface area contributed by atoms with Crippen LogP contribution in [0.25, 0.3) is 0 Å². The highest BCUT2D eigenvalue weighted by atomic mass is 79.9. The molecule has 2 N–H and O–H groups in total. The van der Waals surface area contributed by atoms with Gasteiger partial charge in [-0.05, 0) is 42.5 Å². The van der Waals surface area contributed by atoms with Crippen LogP contribution in [0.3, 0.4) is 0 Å². The van der Waals surface area contributed by atoms with Gasteiger partial charge in [0, 0.05) is 14.9 Å². The molecule has 23 heavy (non-hydrogen) atoms. The molecule has 0 fully saturated rings. The van der Waals surface area contributed by atoms with Gasteiger partial charge < -0.3 is 15.2 Å². The van der Waals surface area contributed by atoms with E-state index in [2.05, 4.69) is 22.0 Å². The van der Waals surface area contributed by atoms with Gasteiger partial charge in [0.05, 0.1) is 12.4 Å². The average Bonchev–Trinajstić information content (AvgIpc) is 2.56. The van der Waals surface area contributed by atoms with Crippen LogP contribution in [-0.2, 0) is 0 Å². The van der Waals surface area contributed by atoms with Crippen LogP contribution in [0.15, 0.2) is 63.3 Å². The molecule has 0 saturated heterocycles. The summed E-state index contributed by atoms with van der Waals surface area (Å²) in [6.45, 7) is 0. The van der Waals surface area contributed by atoms with Crippen LogP contribution < -0.4 is 15.2 Å². The molecule has 2 aromatic carbocycles. The SMILES string of the molecule is COc1ccc(SC2C(C#N)=C(N)Oc3ccc(Br)cc32)cc1. The quantitative estimate of drug-likeness (QED) is 0.844. The minimum absolute atomic E-state index is 0.160. The summed E-state index contributed by atoms with van der Waals surface area (Å²) in [5, 5.41) is 9.26. The maximum Gasteiger partial charge on any atom is 0.206 e. The maximum atomic E-state index is 9.47. The van der Waals surface area contributed by atoms with Crippen molar-refractivity contribution in [3.8, 4) is 17.6 Å². The summed E-state index contributed by atoms with van der Waals surface area (Å²) in [5.74, 6) is 1.63. The lowest BCUT2D eigenvalue weighted by molar-refractivity contribution is 0.398. The second-order valence-corrected chi connectivity index (χ2v) is 6.94. The van der Waals surface area contributed by atoms with Gasteiger partial charge in [0.2, 0.25) is 5.88 Å². The molecule has 1 aliphatic heterocycles. The van der Waals surface area contributed by atoms with Gasteiger partial charge >= 0.3 is 0 Å². The Morgan fingerprint density at radius 3 is 2.65 bits per heavy atom. The van der Waals surface area contributed by atoms with E-state index >= 15 is 0 Å². The molecule has 1 atom stereocenters. The Bertz CT molecular complexity index is 812. The predicted molar refractivity (Wildman–Crippen MR) is 93.2 cm³/mol. The lowest BCUT2D eigenvalue weighted by Crippen LogP contribution is -2.18. The van der Waals surface area contributed by atoms with Gasteiger partial charge in [-0.2, -0.15) is 5.26 Å². The van der Waals surface area contributed by atoms with Crippen molar-refractivity contribution >= 4 is 27.7 Å². The summed E-state index contributed by atoms with van der Waals surface area (Å²) in [7, 11) is 1.63. The third kappa shape index (κ3) is 3.16. The van der Waals surface area contributed by atoms with Crippen LogP contribution in [0.5, 0.6) is 11.5 Å². The lowest BCUT2D eigenvalue weighted by atomic mass is 10.0. The van der Waals surface area contributed by atoms with Crippen molar-refractivity contribution in [3.63, 3.8) is 0 Å². The van der Waals surface area contributed by atoms with E-state index < -0.39 is 0 Å². The molecule has 4 nitrogen and oxygen atoms in total. The Balaban J connectivity index is 2.01. The van der Waals surface area contributed by atoms with Crippen molar-refractivity contribution in [3.05, 3.63) is 64.0 Å². The minimum atomic E-state index is -0.213. The number of benzene rings is 2. The van der Waals surface area contributed by atoms with E-state index in [4.69, 9.17) is 15.2 Å². The molecule has 1 aliphatic rings. The monoisotopic (exact) mass is 388 g/mol. The zero-order valence-electron chi connectivity index (χ0n) is 12.2. The predicted octanol–water partition coefficient (Wildman–Crippen LogP) is 4.38. The van der Waals surface area contributed by atoms with Crippen molar-refractivity contribution in [1.29, 1.82) is 5.26 Å². The highest BCUT2D eigenvalue weighted by Crippen LogP contribution is 2.48. The van der Waals surface area contributed by atoms with Gasteiger partial charge in [-0.1, -0.05) is 15.9 Å². The largest absolute Gasteiger partial charge is 0.497 e. The van der Waals surface area contributed by atoms with Crippen molar-refractivity contribution in [2.24, 2.45) is 5.73 Å². The number of hydrogen-bond donors (Lipinski definition) is 1. The molecule has 0 radical (unpaired) electrons. The fraction of sp³-hybridized carbons (Fsp3) is 0.118. The normalized spacial score (nSPS) is 16.3. The van der Waals surface area contributed by atoms with E-state index in [-0.39, 0.29) is 11.1 Å². The Labute approximate surface area is 147 Å². The summed E-state index contributed by atoms with van der Waals surface area (Å²) >= 11 is 5.02. The zero-order chi connectivity index (χ0) is 16.4. The number of nitrogens with zero attached hydrogens (tertiary/aromatic N) is 1. The van der Waals surface area contributed by atoms with Crippen molar-refractivity contribution in [2.45, 2.75) is 10.1 Å². The highest BCUT2D eigenvalue weighted by Gasteiger charge is 2.30. The summed E-state index contributed by atoms with van der Waals surface area (Å²) in [5.41, 5.74) is 7.27. The van der Waals surface area contributed by atoms with Crippen LogP contribution in [0.4, 0.5) is 0 Å². The number of nitriles is 1. The second-order valence-electron chi connectivity index (χ2n) is 4.85. The number of hydrogen-bond acceptors (Lipinski definition) is 5. The molecule has 116 valence electrons. The molecule has 6 heteroatoms. The fourth-order valence-electron chi connectivity index (χ4n) is 2.30. The number of fused-ring (bicyclic) bond motifs is 1. The number of methoxy groups -OCH3 is 1. The maximum absolute atomic E-state index is 9.47. The van der Waals surface area contributed by atoms with Gasteiger partial charge in [-0.25, -0.2) is 0 Å². The van der Waals surface area contributed by atoms with Gasteiger partial charge in [-0.3, -0.25) is 0 Å². The van der Waals surface area contributed by atoms with Gasteiger partial charge in [0.25, 0.3) is 0 Å². The summed E-state index contributed by atoms with van der Waals surface area (Å²) in [4.78, 5) is 1.02. The third-order valence-corrected chi connectivity index (χ3v) is 5.20. The van der Waals surface area contributed by atoms with E-state index in [1.807, 2.05) is 42.5 Å². The Kier molecular flexibility index (Phi) is 4.51. The summed E-state index contributed by atoms with van der Waals surface area (Å²) in [6, 6.07) is 15.6. The number of ether oxygens (including phenoxy) is 2. The first-order valence-corrected chi connectivity index (χ1v) is 8.47. The van der Waals surface area contributed by atoms with E-state index in [0.717, 1.165) is 20.7 Å². The highest BCUT2D eigenvalue weighted by molar-refractivity contribution is 9.10. The molecular weight excluding hydrogens is 376 g/mol. The molecule has 0 amide bonds. The molecule has 0 aliphatic carbocycles. The van der Waals surface area contributed by atoms with Crippen molar-refractivity contribution in [1.82, 2.24) is 0 Å². The summed E-state index contributed by atoms with van der Waals surface area (Å²) in [6.07, 6.45) is 0. The molecule has 1 heterocycles. The third-order valence-electron chi connectivity index (χ3n) is 3.44. The molecule has 0 saturated carbocycles. The first kappa shape index (κ1) is 15.8. The Morgan fingerprint density at radius 2 is 2.00 bits per heavy atom. The first-order valence-electron chi connectivity index (χ1n) is 6.80. The second kappa shape index (κ2) is 6.57. The fourth-order valence-corrected chi connectivity index (χ4v) is 3.84. The molecule has 0 aromatic heterocycles. The smallest absolute Gasteiger partial charge is 0.206 e. The van der Waals surface area contributed by atoms with Gasteiger partial charge in [-0.15, -0.1) is 11.8 Å².